The summed E-state index contributed by atoms with van der Waals surface area (Å²) in [6.07, 6.45) is 1.67. The lowest BCUT2D eigenvalue weighted by molar-refractivity contribution is 0.101. The van der Waals surface area contributed by atoms with Gasteiger partial charge in [-0.3, -0.25) is 14.8 Å². The molecule has 23 heavy (non-hydrogen) atoms. The summed E-state index contributed by atoms with van der Waals surface area (Å²) in [4.78, 5) is 12.0. The third kappa shape index (κ3) is 2.48. The molecule has 1 N–H and O–H groups in total. The predicted octanol–water partition coefficient (Wildman–Crippen LogP) is 1.45. The Morgan fingerprint density at radius 2 is 2.09 bits per heavy atom. The molecule has 0 radical (unpaired) electrons. The van der Waals surface area contributed by atoms with Gasteiger partial charge in [0.15, 0.2) is 17.2 Å². The Labute approximate surface area is 129 Å². The van der Waals surface area contributed by atoms with Gasteiger partial charge in [-0.25, -0.2) is 0 Å². The summed E-state index contributed by atoms with van der Waals surface area (Å²) in [5.74, 6) is 1.11. The van der Waals surface area contributed by atoms with Crippen LogP contribution in [0.5, 0.6) is 11.5 Å². The lowest BCUT2D eigenvalue weighted by atomic mass is 10.2. The first kappa shape index (κ1) is 13.3. The molecule has 0 saturated heterocycles. The van der Waals surface area contributed by atoms with Crippen LogP contribution in [0, 0.1) is 0 Å². The van der Waals surface area contributed by atoms with Crippen molar-refractivity contribution in [3.05, 3.63) is 36.2 Å². The molecule has 0 unspecified atom stereocenters. The largest absolute Gasteiger partial charge is 0.454 e. The zero-order valence-corrected chi connectivity index (χ0v) is 12.0. The van der Waals surface area contributed by atoms with Crippen molar-refractivity contribution >= 4 is 11.9 Å². The van der Waals surface area contributed by atoms with Crippen LogP contribution in [0.3, 0.4) is 0 Å². The predicted molar refractivity (Wildman–Crippen MR) is 77.0 cm³/mol. The molecule has 9 nitrogen and oxygen atoms in total. The van der Waals surface area contributed by atoms with Crippen LogP contribution in [0.4, 0.5) is 6.01 Å². The minimum absolute atomic E-state index is 0.00619. The van der Waals surface area contributed by atoms with Gasteiger partial charge in [-0.2, -0.15) is 5.10 Å². The summed E-state index contributed by atoms with van der Waals surface area (Å²) in [5, 5.41) is 14.2. The van der Waals surface area contributed by atoms with E-state index in [1.165, 1.54) is 4.68 Å². The van der Waals surface area contributed by atoms with Gasteiger partial charge in [0, 0.05) is 18.8 Å². The molecule has 4 rings (SSSR count). The molecule has 0 fully saturated rings. The Morgan fingerprint density at radius 3 is 2.91 bits per heavy atom. The van der Waals surface area contributed by atoms with Crippen molar-refractivity contribution in [1.29, 1.82) is 0 Å². The van der Waals surface area contributed by atoms with Crippen LogP contribution >= 0.6 is 0 Å². The fourth-order valence-corrected chi connectivity index (χ4v) is 2.12. The fourth-order valence-electron chi connectivity index (χ4n) is 2.12. The van der Waals surface area contributed by atoms with Gasteiger partial charge in [-0.1, -0.05) is 5.10 Å². The zero-order chi connectivity index (χ0) is 15.8. The summed E-state index contributed by atoms with van der Waals surface area (Å²) in [6.45, 7) is 0.188. The number of ether oxygens (including phenoxy) is 2. The summed E-state index contributed by atoms with van der Waals surface area (Å²) in [7, 11) is 1.72. The molecule has 1 aliphatic rings. The van der Waals surface area contributed by atoms with Gasteiger partial charge in [-0.15, -0.1) is 5.10 Å². The number of hydrogen-bond acceptors (Lipinski definition) is 7. The van der Waals surface area contributed by atoms with E-state index in [4.69, 9.17) is 13.9 Å². The number of nitrogens with zero attached hydrogens (tertiary/aromatic N) is 4. The number of aryl methyl sites for hydroxylation is 1. The minimum atomic E-state index is -0.425. The first-order valence-corrected chi connectivity index (χ1v) is 6.73. The summed E-state index contributed by atoms with van der Waals surface area (Å²) in [5.41, 5.74) is 0.926. The SMILES string of the molecule is Cn1ccc(C(=O)Nc2nnc(-c3ccc4c(c3)OCO4)o2)n1. The number of amides is 1. The zero-order valence-electron chi connectivity index (χ0n) is 12.0. The van der Waals surface area contributed by atoms with Crippen LogP contribution in [-0.2, 0) is 7.05 Å². The molecule has 1 aromatic carbocycles. The Hall–Kier alpha value is -3.36. The lowest BCUT2D eigenvalue weighted by Gasteiger charge is -1.98. The highest BCUT2D eigenvalue weighted by molar-refractivity contribution is 6.01. The van der Waals surface area contributed by atoms with Crippen LogP contribution < -0.4 is 14.8 Å². The average Bonchev–Trinajstić information content (AvgIpc) is 3.26. The van der Waals surface area contributed by atoms with Gasteiger partial charge in [-0.05, 0) is 24.3 Å². The summed E-state index contributed by atoms with van der Waals surface area (Å²) in [6, 6.07) is 6.85. The van der Waals surface area contributed by atoms with Crippen molar-refractivity contribution in [2.75, 3.05) is 12.1 Å². The van der Waals surface area contributed by atoms with E-state index in [1.807, 2.05) is 0 Å². The van der Waals surface area contributed by atoms with E-state index in [9.17, 15) is 4.79 Å². The van der Waals surface area contributed by atoms with Crippen LogP contribution in [-0.4, -0.2) is 32.7 Å². The quantitative estimate of drug-likeness (QED) is 0.780. The highest BCUT2D eigenvalue weighted by Crippen LogP contribution is 2.35. The molecule has 3 heterocycles. The monoisotopic (exact) mass is 313 g/mol. The highest BCUT2D eigenvalue weighted by atomic mass is 16.7. The van der Waals surface area contributed by atoms with Gasteiger partial charge in [0.2, 0.25) is 12.7 Å². The maximum atomic E-state index is 12.0. The van der Waals surface area contributed by atoms with Crippen molar-refractivity contribution in [1.82, 2.24) is 20.0 Å². The van der Waals surface area contributed by atoms with Crippen LogP contribution in [0.2, 0.25) is 0 Å². The second-order valence-electron chi connectivity index (χ2n) is 4.81. The number of fused-ring (bicyclic) bond motifs is 1. The van der Waals surface area contributed by atoms with Crippen molar-refractivity contribution < 1.29 is 18.7 Å². The van der Waals surface area contributed by atoms with E-state index in [1.54, 1.807) is 37.5 Å². The Morgan fingerprint density at radius 1 is 1.22 bits per heavy atom. The lowest BCUT2D eigenvalue weighted by Crippen LogP contribution is -2.13. The third-order valence-electron chi connectivity index (χ3n) is 3.21. The molecule has 0 spiro atoms. The molecule has 1 aliphatic heterocycles. The highest BCUT2D eigenvalue weighted by Gasteiger charge is 2.18. The van der Waals surface area contributed by atoms with Crippen molar-refractivity contribution in [3.8, 4) is 23.0 Å². The number of benzene rings is 1. The fraction of sp³-hybridized carbons (Fsp3) is 0.143. The second kappa shape index (κ2) is 5.13. The van der Waals surface area contributed by atoms with E-state index < -0.39 is 5.91 Å². The molecule has 0 saturated carbocycles. The topological polar surface area (TPSA) is 104 Å². The molecule has 2 aromatic heterocycles. The molecule has 9 heteroatoms. The number of rotatable bonds is 3. The number of anilines is 1. The summed E-state index contributed by atoms with van der Waals surface area (Å²) < 4.78 is 17.5. The Balaban J connectivity index is 1.54. The number of carbonyl (C=O) groups excluding carboxylic acids is 1. The molecular formula is C14H11N5O4. The van der Waals surface area contributed by atoms with E-state index in [0.717, 1.165) is 0 Å². The smallest absolute Gasteiger partial charge is 0.322 e. The van der Waals surface area contributed by atoms with Gasteiger partial charge in [0.1, 0.15) is 0 Å². The normalized spacial score (nSPS) is 12.4. The summed E-state index contributed by atoms with van der Waals surface area (Å²) >= 11 is 0. The van der Waals surface area contributed by atoms with Crippen LogP contribution in [0.1, 0.15) is 10.5 Å². The van der Waals surface area contributed by atoms with Crippen molar-refractivity contribution in [2.24, 2.45) is 7.05 Å². The maximum absolute atomic E-state index is 12.0. The molecular weight excluding hydrogens is 302 g/mol. The number of nitrogens with one attached hydrogen (secondary N) is 1. The number of aromatic nitrogens is 4. The first-order valence-electron chi connectivity index (χ1n) is 6.73. The van der Waals surface area contributed by atoms with Gasteiger partial charge >= 0.3 is 6.01 Å². The van der Waals surface area contributed by atoms with E-state index in [2.05, 4.69) is 20.6 Å². The molecule has 116 valence electrons. The van der Waals surface area contributed by atoms with Gasteiger partial charge in [0.05, 0.1) is 0 Å². The molecule has 0 aliphatic carbocycles. The minimum Gasteiger partial charge on any atom is -0.454 e. The second-order valence-corrected chi connectivity index (χ2v) is 4.81. The first-order chi connectivity index (χ1) is 11.2. The van der Waals surface area contributed by atoms with E-state index in [-0.39, 0.29) is 24.4 Å². The number of hydrogen-bond donors (Lipinski definition) is 1. The van der Waals surface area contributed by atoms with E-state index >= 15 is 0 Å². The van der Waals surface area contributed by atoms with Crippen LogP contribution in [0.25, 0.3) is 11.5 Å². The standard InChI is InChI=1S/C14H11N5O4/c1-19-5-4-9(18-19)12(20)15-14-17-16-13(23-14)8-2-3-10-11(6-8)22-7-21-10/h2-6H,7H2,1H3,(H,15,17,20). The Bertz CT molecular complexity index is 885. The van der Waals surface area contributed by atoms with Crippen molar-refractivity contribution in [2.45, 2.75) is 0 Å². The average molecular weight is 313 g/mol. The number of carbonyl (C=O) groups is 1. The Kier molecular flexibility index (Phi) is 2.97. The van der Waals surface area contributed by atoms with Gasteiger partial charge < -0.3 is 13.9 Å². The van der Waals surface area contributed by atoms with Crippen LogP contribution in [0.15, 0.2) is 34.9 Å². The molecule has 1 amide bonds. The molecule has 3 aromatic rings. The van der Waals surface area contributed by atoms with Crippen molar-refractivity contribution in [3.63, 3.8) is 0 Å². The molecule has 0 bridgehead atoms. The maximum Gasteiger partial charge on any atom is 0.322 e. The third-order valence-corrected chi connectivity index (χ3v) is 3.21. The van der Waals surface area contributed by atoms with Gasteiger partial charge in [0.25, 0.3) is 5.91 Å². The van der Waals surface area contributed by atoms with E-state index in [0.29, 0.717) is 17.1 Å². The molecule has 0 atom stereocenters.